The summed E-state index contributed by atoms with van der Waals surface area (Å²) in [6, 6.07) is 21.4. The summed E-state index contributed by atoms with van der Waals surface area (Å²) in [6.45, 7) is 1.70. The lowest BCUT2D eigenvalue weighted by Gasteiger charge is -2.11. The third-order valence-corrected chi connectivity index (χ3v) is 3.84. The number of hydrogen-bond donors (Lipinski definition) is 2. The quantitative estimate of drug-likeness (QED) is 0.654. The highest BCUT2D eigenvalue weighted by molar-refractivity contribution is 6.06. The second-order valence-corrected chi connectivity index (χ2v) is 6.15. The minimum atomic E-state index is -0.612. The summed E-state index contributed by atoms with van der Waals surface area (Å²) in [4.78, 5) is 23.5. The van der Waals surface area contributed by atoms with Crippen molar-refractivity contribution in [2.45, 2.75) is 6.92 Å². The third kappa shape index (κ3) is 5.11. The maximum Gasteiger partial charge on any atom is 0.259 e. The Bertz CT molecular complexity index is 984. The molecule has 0 radical (unpaired) electrons. The molecule has 28 heavy (non-hydrogen) atoms. The Labute approximate surface area is 162 Å². The van der Waals surface area contributed by atoms with Crippen LogP contribution in [-0.2, 0) is 4.79 Å². The Morgan fingerprint density at radius 2 is 1.68 bits per heavy atom. The molecule has 0 aliphatic rings. The summed E-state index contributed by atoms with van der Waals surface area (Å²) in [5, 5.41) is 2.80. The smallest absolute Gasteiger partial charge is 0.259 e. The van der Waals surface area contributed by atoms with Crippen LogP contribution in [0.5, 0.6) is 17.2 Å². The average Bonchev–Trinajstić information content (AvgIpc) is 2.68. The van der Waals surface area contributed by atoms with E-state index in [1.165, 1.54) is 0 Å². The van der Waals surface area contributed by atoms with Crippen LogP contribution in [0.2, 0.25) is 0 Å². The minimum absolute atomic E-state index is 0.290. The maximum absolute atomic E-state index is 12.6. The Hall–Kier alpha value is -3.80. The molecule has 6 nitrogen and oxygen atoms in total. The number of aryl methyl sites for hydroxylation is 1. The maximum atomic E-state index is 12.6. The van der Waals surface area contributed by atoms with Crippen LogP contribution >= 0.6 is 0 Å². The van der Waals surface area contributed by atoms with Gasteiger partial charge < -0.3 is 20.5 Å². The fraction of sp³-hybridized carbons (Fsp3) is 0.0909. The number of carbonyl (C=O) groups excluding carboxylic acids is 2. The predicted octanol–water partition coefficient (Wildman–Crippen LogP) is 3.90. The van der Waals surface area contributed by atoms with Crippen molar-refractivity contribution in [3.63, 3.8) is 0 Å². The number of nitrogens with two attached hydrogens (primary N) is 1. The Morgan fingerprint density at radius 3 is 2.39 bits per heavy atom. The van der Waals surface area contributed by atoms with Crippen LogP contribution < -0.4 is 20.5 Å². The van der Waals surface area contributed by atoms with Gasteiger partial charge in [0.15, 0.2) is 6.61 Å². The van der Waals surface area contributed by atoms with E-state index in [1.54, 1.807) is 48.5 Å². The summed E-state index contributed by atoms with van der Waals surface area (Å²) in [6.07, 6.45) is 0. The summed E-state index contributed by atoms with van der Waals surface area (Å²) in [5.41, 5.74) is 7.11. The van der Waals surface area contributed by atoms with Crippen LogP contribution in [0, 0.1) is 6.92 Å². The van der Waals surface area contributed by atoms with E-state index >= 15 is 0 Å². The van der Waals surface area contributed by atoms with Crippen molar-refractivity contribution >= 4 is 17.5 Å². The molecule has 0 aromatic heterocycles. The van der Waals surface area contributed by atoms with Gasteiger partial charge in [-0.25, -0.2) is 0 Å². The van der Waals surface area contributed by atoms with E-state index in [0.29, 0.717) is 22.7 Å². The Balaban J connectivity index is 1.67. The van der Waals surface area contributed by atoms with E-state index in [4.69, 9.17) is 15.2 Å². The molecule has 0 spiro atoms. The number of rotatable bonds is 7. The Kier molecular flexibility index (Phi) is 5.91. The number of para-hydroxylation sites is 1. The number of amides is 2. The average molecular weight is 376 g/mol. The molecule has 2 amide bonds. The monoisotopic (exact) mass is 376 g/mol. The Morgan fingerprint density at radius 1 is 0.929 bits per heavy atom. The van der Waals surface area contributed by atoms with Crippen LogP contribution in [-0.4, -0.2) is 18.4 Å². The number of anilines is 1. The van der Waals surface area contributed by atoms with Gasteiger partial charge in [-0.15, -0.1) is 0 Å². The minimum Gasteiger partial charge on any atom is -0.483 e. The number of benzene rings is 3. The SMILES string of the molecule is Cc1cccc(Oc2ccc(NC(=O)c3ccccc3OCC(N)=O)cc2)c1. The van der Waals surface area contributed by atoms with Crippen LogP contribution in [0.25, 0.3) is 0 Å². The first kappa shape index (κ1) is 19.0. The zero-order valence-electron chi connectivity index (χ0n) is 15.3. The fourth-order valence-electron chi connectivity index (χ4n) is 2.55. The summed E-state index contributed by atoms with van der Waals surface area (Å²) in [7, 11) is 0. The normalized spacial score (nSPS) is 10.2. The number of hydrogen-bond acceptors (Lipinski definition) is 4. The first-order valence-corrected chi connectivity index (χ1v) is 8.67. The van der Waals surface area contributed by atoms with Gasteiger partial charge in [0, 0.05) is 5.69 Å². The molecular formula is C22H20N2O4. The molecule has 3 aromatic rings. The van der Waals surface area contributed by atoms with Crippen molar-refractivity contribution in [3.05, 3.63) is 83.9 Å². The van der Waals surface area contributed by atoms with Gasteiger partial charge in [-0.05, 0) is 61.0 Å². The van der Waals surface area contributed by atoms with Crippen LogP contribution in [0.4, 0.5) is 5.69 Å². The molecule has 0 fully saturated rings. The summed E-state index contributed by atoms with van der Waals surface area (Å²) < 4.78 is 11.1. The van der Waals surface area contributed by atoms with Gasteiger partial charge >= 0.3 is 0 Å². The topological polar surface area (TPSA) is 90.7 Å². The van der Waals surface area contributed by atoms with E-state index in [2.05, 4.69) is 5.32 Å². The molecule has 0 bridgehead atoms. The van der Waals surface area contributed by atoms with Crippen LogP contribution in [0.15, 0.2) is 72.8 Å². The molecule has 0 aliphatic heterocycles. The molecular weight excluding hydrogens is 356 g/mol. The van der Waals surface area contributed by atoms with Crippen molar-refractivity contribution in [1.29, 1.82) is 0 Å². The summed E-state index contributed by atoms with van der Waals surface area (Å²) in [5.74, 6) is 0.733. The van der Waals surface area contributed by atoms with Gasteiger partial charge in [-0.3, -0.25) is 9.59 Å². The lowest BCUT2D eigenvalue weighted by Crippen LogP contribution is -2.21. The second-order valence-electron chi connectivity index (χ2n) is 6.15. The van der Waals surface area contributed by atoms with Crippen molar-refractivity contribution in [1.82, 2.24) is 0 Å². The predicted molar refractivity (Wildman–Crippen MR) is 107 cm³/mol. The van der Waals surface area contributed by atoms with Crippen LogP contribution in [0.3, 0.4) is 0 Å². The molecule has 0 unspecified atom stereocenters. The molecule has 0 aliphatic carbocycles. The van der Waals surface area contributed by atoms with E-state index in [0.717, 1.165) is 11.3 Å². The van der Waals surface area contributed by atoms with Gasteiger partial charge in [0.25, 0.3) is 11.8 Å². The standard InChI is InChI=1S/C22H20N2O4/c1-15-5-4-6-18(13-15)28-17-11-9-16(10-12-17)24-22(26)19-7-2-3-8-20(19)27-14-21(23)25/h2-13H,14H2,1H3,(H2,23,25)(H,24,26). The van der Waals surface area contributed by atoms with Gasteiger partial charge in [0.1, 0.15) is 17.2 Å². The lowest BCUT2D eigenvalue weighted by atomic mass is 10.2. The third-order valence-electron chi connectivity index (χ3n) is 3.84. The van der Waals surface area contributed by atoms with Crippen LogP contribution in [0.1, 0.15) is 15.9 Å². The number of primary amides is 1. The second kappa shape index (κ2) is 8.73. The molecule has 142 valence electrons. The molecule has 3 N–H and O–H groups in total. The number of nitrogens with one attached hydrogen (secondary N) is 1. The van der Waals surface area contributed by atoms with Crippen molar-refractivity contribution in [2.24, 2.45) is 5.73 Å². The van der Waals surface area contributed by atoms with E-state index in [1.807, 2.05) is 31.2 Å². The van der Waals surface area contributed by atoms with Gasteiger partial charge in [0.05, 0.1) is 5.56 Å². The number of ether oxygens (including phenoxy) is 2. The molecule has 0 atom stereocenters. The first-order valence-electron chi connectivity index (χ1n) is 8.67. The molecule has 3 rings (SSSR count). The zero-order valence-corrected chi connectivity index (χ0v) is 15.3. The molecule has 0 heterocycles. The zero-order chi connectivity index (χ0) is 19.9. The summed E-state index contributed by atoms with van der Waals surface area (Å²) >= 11 is 0. The fourth-order valence-corrected chi connectivity index (χ4v) is 2.55. The van der Waals surface area contributed by atoms with Crippen molar-refractivity contribution in [3.8, 4) is 17.2 Å². The lowest BCUT2D eigenvalue weighted by molar-refractivity contribution is -0.119. The van der Waals surface area contributed by atoms with Gasteiger partial charge in [-0.2, -0.15) is 0 Å². The highest BCUT2D eigenvalue weighted by Crippen LogP contribution is 2.25. The highest BCUT2D eigenvalue weighted by atomic mass is 16.5. The van der Waals surface area contributed by atoms with Gasteiger partial charge in [0.2, 0.25) is 0 Å². The van der Waals surface area contributed by atoms with Gasteiger partial charge in [-0.1, -0.05) is 24.3 Å². The number of carbonyl (C=O) groups is 2. The molecule has 0 saturated carbocycles. The van der Waals surface area contributed by atoms with E-state index in [9.17, 15) is 9.59 Å². The largest absolute Gasteiger partial charge is 0.483 e. The van der Waals surface area contributed by atoms with Crippen molar-refractivity contribution < 1.29 is 19.1 Å². The van der Waals surface area contributed by atoms with Crippen molar-refractivity contribution in [2.75, 3.05) is 11.9 Å². The van der Waals surface area contributed by atoms with E-state index in [-0.39, 0.29) is 12.5 Å². The molecule has 6 heteroatoms. The first-order chi connectivity index (χ1) is 13.5. The molecule has 3 aromatic carbocycles. The molecule has 0 saturated heterocycles. The van der Waals surface area contributed by atoms with E-state index < -0.39 is 5.91 Å². The highest BCUT2D eigenvalue weighted by Gasteiger charge is 2.13.